The Morgan fingerprint density at radius 2 is 2.00 bits per heavy atom. The number of non-ortho nitro benzene ring substituents is 1. The van der Waals surface area contributed by atoms with E-state index in [-0.39, 0.29) is 18.1 Å². The molecule has 0 atom stereocenters. The van der Waals surface area contributed by atoms with Gasteiger partial charge in [-0.2, -0.15) is 0 Å². The number of hydrogen-bond acceptors (Lipinski definition) is 5. The van der Waals surface area contributed by atoms with E-state index in [9.17, 15) is 10.1 Å². The molecule has 1 aromatic heterocycles. The number of hydrogen-bond donors (Lipinski definition) is 0. The van der Waals surface area contributed by atoms with Gasteiger partial charge in [-0.05, 0) is 23.8 Å². The number of methoxy groups -OCH3 is 1. The molecular weight excluding hydrogens is 282 g/mol. The lowest BCUT2D eigenvalue weighted by Gasteiger charge is -2.03. The topological polar surface area (TPSA) is 77.6 Å². The van der Waals surface area contributed by atoms with E-state index in [4.69, 9.17) is 4.74 Å². The zero-order chi connectivity index (χ0) is 13.7. The molecule has 7 heteroatoms. The Balaban J connectivity index is 0.00000200. The van der Waals surface area contributed by atoms with Gasteiger partial charge in [-0.3, -0.25) is 20.1 Å². The first-order chi connectivity index (χ1) is 9.20. The van der Waals surface area contributed by atoms with Gasteiger partial charge in [0.25, 0.3) is 5.69 Å². The largest absolute Gasteiger partial charge is 0.494 e. The first-order valence-corrected chi connectivity index (χ1v) is 5.47. The Morgan fingerprint density at radius 3 is 2.60 bits per heavy atom. The summed E-state index contributed by atoms with van der Waals surface area (Å²) in [6.45, 7) is 0. The number of nitro groups is 1. The minimum absolute atomic E-state index is 0. The van der Waals surface area contributed by atoms with Crippen molar-refractivity contribution in [2.24, 2.45) is 4.99 Å². The van der Waals surface area contributed by atoms with Crippen LogP contribution in [0, 0.1) is 10.1 Å². The third-order valence-corrected chi connectivity index (χ3v) is 2.43. The Kier molecular flexibility index (Phi) is 5.61. The second kappa shape index (κ2) is 7.20. The van der Waals surface area contributed by atoms with Gasteiger partial charge in [0.15, 0.2) is 5.75 Å². The van der Waals surface area contributed by atoms with Crippen LogP contribution in [-0.4, -0.2) is 23.2 Å². The van der Waals surface area contributed by atoms with Gasteiger partial charge in [-0.25, -0.2) is 0 Å². The molecule has 0 aliphatic heterocycles. The van der Waals surface area contributed by atoms with Crippen molar-refractivity contribution < 1.29 is 9.66 Å². The quantitative estimate of drug-likeness (QED) is 0.493. The molecule has 20 heavy (non-hydrogen) atoms. The summed E-state index contributed by atoms with van der Waals surface area (Å²) in [6, 6.07) is 7.90. The van der Waals surface area contributed by atoms with Crippen molar-refractivity contribution >= 4 is 30.0 Å². The molecule has 0 fully saturated rings. The van der Waals surface area contributed by atoms with Crippen molar-refractivity contribution in [2.75, 3.05) is 7.11 Å². The molecule has 0 saturated heterocycles. The monoisotopic (exact) mass is 293 g/mol. The van der Waals surface area contributed by atoms with Crippen LogP contribution in [0.3, 0.4) is 0 Å². The molecule has 0 radical (unpaired) electrons. The van der Waals surface area contributed by atoms with Crippen LogP contribution in [0.5, 0.6) is 5.75 Å². The molecule has 0 bridgehead atoms. The SMILES string of the molecule is COc1cc([N+](=O)[O-])ccc1N=Cc1ccncc1.Cl. The van der Waals surface area contributed by atoms with Crippen LogP contribution in [-0.2, 0) is 0 Å². The normalized spacial score (nSPS) is 10.1. The highest BCUT2D eigenvalue weighted by Crippen LogP contribution is 2.31. The number of pyridine rings is 1. The summed E-state index contributed by atoms with van der Waals surface area (Å²) >= 11 is 0. The predicted octanol–water partition coefficient (Wildman–Crippen LogP) is 3.17. The lowest BCUT2D eigenvalue weighted by Crippen LogP contribution is -1.90. The summed E-state index contributed by atoms with van der Waals surface area (Å²) in [5.74, 6) is 0.361. The molecule has 0 unspecified atom stereocenters. The molecule has 0 aliphatic rings. The predicted molar refractivity (Wildman–Crippen MR) is 78.4 cm³/mol. The van der Waals surface area contributed by atoms with Crippen molar-refractivity contribution in [3.05, 3.63) is 58.4 Å². The fourth-order valence-electron chi connectivity index (χ4n) is 1.48. The minimum Gasteiger partial charge on any atom is -0.494 e. The lowest BCUT2D eigenvalue weighted by atomic mass is 10.2. The maximum absolute atomic E-state index is 10.7. The van der Waals surface area contributed by atoms with Crippen molar-refractivity contribution in [2.45, 2.75) is 0 Å². The van der Waals surface area contributed by atoms with Gasteiger partial charge in [0.1, 0.15) is 5.69 Å². The standard InChI is InChI=1S/C13H11N3O3.ClH/c1-19-13-8-11(16(17)18)2-3-12(13)15-9-10-4-6-14-7-5-10;/h2-9H,1H3;1H. The average Bonchev–Trinajstić information content (AvgIpc) is 2.45. The van der Waals surface area contributed by atoms with Crippen molar-refractivity contribution in [3.63, 3.8) is 0 Å². The van der Waals surface area contributed by atoms with Crippen LogP contribution in [0.1, 0.15) is 5.56 Å². The first-order valence-electron chi connectivity index (χ1n) is 5.47. The summed E-state index contributed by atoms with van der Waals surface area (Å²) in [6.07, 6.45) is 4.97. The van der Waals surface area contributed by atoms with Gasteiger partial charge in [0.05, 0.1) is 18.1 Å². The number of halogens is 1. The van der Waals surface area contributed by atoms with Crippen molar-refractivity contribution in [1.29, 1.82) is 0 Å². The molecule has 1 heterocycles. The molecule has 0 N–H and O–H groups in total. The molecule has 2 rings (SSSR count). The zero-order valence-corrected chi connectivity index (χ0v) is 11.4. The lowest BCUT2D eigenvalue weighted by molar-refractivity contribution is -0.384. The van der Waals surface area contributed by atoms with Crippen molar-refractivity contribution in [3.8, 4) is 5.75 Å². The molecule has 1 aromatic carbocycles. The summed E-state index contributed by atoms with van der Waals surface area (Å²) in [4.78, 5) is 18.3. The van der Waals surface area contributed by atoms with Gasteiger partial charge in [-0.15, -0.1) is 12.4 Å². The van der Waals surface area contributed by atoms with Crippen molar-refractivity contribution in [1.82, 2.24) is 4.98 Å². The number of benzene rings is 1. The first kappa shape index (κ1) is 15.6. The molecule has 0 spiro atoms. The van der Waals surface area contributed by atoms with Crippen LogP contribution < -0.4 is 4.74 Å². The Bertz CT molecular complexity index is 618. The fraction of sp³-hybridized carbons (Fsp3) is 0.0769. The molecule has 6 nitrogen and oxygen atoms in total. The highest BCUT2D eigenvalue weighted by atomic mass is 35.5. The number of aromatic nitrogens is 1. The van der Waals surface area contributed by atoms with E-state index in [1.807, 2.05) is 0 Å². The van der Waals surface area contributed by atoms with E-state index in [1.165, 1.54) is 19.2 Å². The molecule has 2 aromatic rings. The molecule has 0 aliphatic carbocycles. The molecular formula is C13H12ClN3O3. The Morgan fingerprint density at radius 1 is 1.30 bits per heavy atom. The van der Waals surface area contributed by atoms with Crippen LogP contribution in [0.4, 0.5) is 11.4 Å². The van der Waals surface area contributed by atoms with Crippen LogP contribution in [0.15, 0.2) is 47.7 Å². The number of aliphatic imine (C=N–C) groups is 1. The summed E-state index contributed by atoms with van der Waals surface area (Å²) < 4.78 is 5.09. The summed E-state index contributed by atoms with van der Waals surface area (Å²) in [7, 11) is 1.45. The minimum atomic E-state index is -0.473. The average molecular weight is 294 g/mol. The van der Waals surface area contributed by atoms with Gasteiger partial charge >= 0.3 is 0 Å². The second-order valence-corrected chi connectivity index (χ2v) is 3.65. The summed E-state index contributed by atoms with van der Waals surface area (Å²) in [5, 5.41) is 10.7. The summed E-state index contributed by atoms with van der Waals surface area (Å²) in [5.41, 5.74) is 1.39. The highest BCUT2D eigenvalue weighted by molar-refractivity contribution is 5.85. The van der Waals surface area contributed by atoms with Gasteiger partial charge in [0.2, 0.25) is 0 Å². The maximum atomic E-state index is 10.7. The van der Waals surface area contributed by atoms with E-state index in [2.05, 4.69) is 9.98 Å². The van der Waals surface area contributed by atoms with Gasteiger partial charge < -0.3 is 4.74 Å². The fourth-order valence-corrected chi connectivity index (χ4v) is 1.48. The third-order valence-electron chi connectivity index (χ3n) is 2.43. The van der Waals surface area contributed by atoms with E-state index in [1.54, 1.807) is 36.8 Å². The number of rotatable bonds is 4. The Hall–Kier alpha value is -2.47. The van der Waals surface area contributed by atoms with Crippen LogP contribution in [0.25, 0.3) is 0 Å². The highest BCUT2D eigenvalue weighted by Gasteiger charge is 2.10. The number of ether oxygens (including phenoxy) is 1. The molecule has 0 saturated carbocycles. The van der Waals surface area contributed by atoms with Gasteiger partial charge in [-0.1, -0.05) is 0 Å². The third kappa shape index (κ3) is 3.76. The van der Waals surface area contributed by atoms with E-state index in [0.717, 1.165) is 5.56 Å². The van der Waals surface area contributed by atoms with Crippen LogP contribution >= 0.6 is 12.4 Å². The van der Waals surface area contributed by atoms with Gasteiger partial charge in [0, 0.05) is 24.7 Å². The van der Waals surface area contributed by atoms with E-state index in [0.29, 0.717) is 11.4 Å². The van der Waals surface area contributed by atoms with E-state index < -0.39 is 4.92 Å². The number of nitrogens with zero attached hydrogens (tertiary/aromatic N) is 3. The maximum Gasteiger partial charge on any atom is 0.273 e. The molecule has 0 amide bonds. The van der Waals surface area contributed by atoms with E-state index >= 15 is 0 Å². The smallest absolute Gasteiger partial charge is 0.273 e. The molecule has 104 valence electrons. The number of nitro benzene ring substituents is 1. The van der Waals surface area contributed by atoms with Crippen LogP contribution in [0.2, 0.25) is 0 Å². The second-order valence-electron chi connectivity index (χ2n) is 3.65. The zero-order valence-electron chi connectivity index (χ0n) is 10.6. The Labute approximate surface area is 121 Å².